The molecule has 0 aliphatic heterocycles. The minimum Gasteiger partial charge on any atom is -0.493 e. The van der Waals surface area contributed by atoms with Crippen LogP contribution in [0.3, 0.4) is 0 Å². The highest BCUT2D eigenvalue weighted by atomic mass is 19.1. The Bertz CT molecular complexity index is 1440. The van der Waals surface area contributed by atoms with E-state index in [0.29, 0.717) is 11.3 Å². The maximum atomic E-state index is 14.4. The summed E-state index contributed by atoms with van der Waals surface area (Å²) in [6.45, 7) is 7.70. The van der Waals surface area contributed by atoms with Crippen LogP contribution >= 0.6 is 0 Å². The van der Waals surface area contributed by atoms with Crippen LogP contribution in [-0.4, -0.2) is 66.4 Å². The molecule has 2 aromatic rings. The van der Waals surface area contributed by atoms with Crippen LogP contribution in [0.4, 0.5) is 4.39 Å². The Kier molecular flexibility index (Phi) is 12.8. The molecule has 0 saturated carbocycles. The third-order valence-corrected chi connectivity index (χ3v) is 6.65. The van der Waals surface area contributed by atoms with Gasteiger partial charge in [0.2, 0.25) is 11.8 Å². The largest absolute Gasteiger partial charge is 0.493 e. The number of ether oxygens (including phenoxy) is 1. The van der Waals surface area contributed by atoms with Crippen molar-refractivity contribution in [1.82, 2.24) is 15.5 Å². The molecule has 0 aromatic heterocycles. The third kappa shape index (κ3) is 10.6. The van der Waals surface area contributed by atoms with Gasteiger partial charge in [-0.15, -0.1) is 0 Å². The highest BCUT2D eigenvalue weighted by molar-refractivity contribution is 6.01. The third-order valence-electron chi connectivity index (χ3n) is 6.65. The Morgan fingerprint density at radius 1 is 1.14 bits per heavy atom. The lowest BCUT2D eigenvalue weighted by atomic mass is 9.92. The summed E-state index contributed by atoms with van der Waals surface area (Å²) in [5.74, 6) is -3.35. The van der Waals surface area contributed by atoms with Crippen molar-refractivity contribution >= 4 is 29.6 Å². The number of amides is 3. The summed E-state index contributed by atoms with van der Waals surface area (Å²) in [7, 11) is 3.06. The second-order valence-corrected chi connectivity index (χ2v) is 11.9. The van der Waals surface area contributed by atoms with E-state index < -0.39 is 59.2 Å². The summed E-state index contributed by atoms with van der Waals surface area (Å²) >= 11 is 0. The van der Waals surface area contributed by atoms with Crippen molar-refractivity contribution in [3.05, 3.63) is 70.5 Å². The monoisotopic (exact) mass is 608 g/mol. The van der Waals surface area contributed by atoms with Gasteiger partial charge in [0.1, 0.15) is 35.9 Å². The van der Waals surface area contributed by atoms with Gasteiger partial charge in [0, 0.05) is 38.0 Å². The van der Waals surface area contributed by atoms with Crippen LogP contribution in [0.1, 0.15) is 50.8 Å². The first-order valence-electron chi connectivity index (χ1n) is 14.1. The summed E-state index contributed by atoms with van der Waals surface area (Å²) < 4.78 is 20.3. The smallest absolute Gasteiger partial charge is 0.264 e. The Morgan fingerprint density at radius 3 is 2.39 bits per heavy atom. The molecular formula is C33H41FN4O6. The fourth-order valence-corrected chi connectivity index (χ4v) is 3.99. The Balaban J connectivity index is 2.30. The second kappa shape index (κ2) is 15.8. The van der Waals surface area contributed by atoms with Crippen molar-refractivity contribution in [2.45, 2.75) is 59.7 Å². The first-order valence-corrected chi connectivity index (χ1v) is 14.1. The summed E-state index contributed by atoms with van der Waals surface area (Å²) in [6.07, 6.45) is -0.218. The van der Waals surface area contributed by atoms with Crippen LogP contribution in [0.25, 0.3) is 6.08 Å². The first-order chi connectivity index (χ1) is 20.5. The molecule has 3 atom stereocenters. The zero-order valence-corrected chi connectivity index (χ0v) is 26.2. The minimum atomic E-state index is -1.27. The van der Waals surface area contributed by atoms with Crippen LogP contribution in [-0.2, 0) is 25.7 Å². The van der Waals surface area contributed by atoms with Crippen molar-refractivity contribution in [3.63, 3.8) is 0 Å². The molecule has 0 heterocycles. The molecule has 0 saturated heterocycles. The van der Waals surface area contributed by atoms with E-state index in [1.54, 1.807) is 64.1 Å². The van der Waals surface area contributed by atoms with E-state index >= 15 is 0 Å². The molecule has 2 rings (SSSR count). The van der Waals surface area contributed by atoms with Crippen molar-refractivity contribution in [2.75, 3.05) is 20.7 Å². The SMILES string of the molecule is Cc1ccc(CNC(=O)[C@H](COc2cccc(C=C(C#N)C(=O)N(C)C)c2)CC(=O)[C@@H](NC(=O)C(C)(C)C)[C@@H](C)O)c(F)c1. The molecule has 0 aliphatic carbocycles. The minimum absolute atomic E-state index is 0.0835. The van der Waals surface area contributed by atoms with Crippen LogP contribution in [0.15, 0.2) is 48.0 Å². The fourth-order valence-electron chi connectivity index (χ4n) is 3.99. The van der Waals surface area contributed by atoms with Gasteiger partial charge in [-0.1, -0.05) is 45.0 Å². The van der Waals surface area contributed by atoms with E-state index in [1.807, 2.05) is 6.07 Å². The lowest BCUT2D eigenvalue weighted by molar-refractivity contribution is -0.136. The Hall–Kier alpha value is -4.56. The zero-order chi connectivity index (χ0) is 33.2. The normalized spacial score (nSPS) is 13.6. The number of aliphatic hydroxyl groups excluding tert-OH is 1. The molecule has 0 spiro atoms. The van der Waals surface area contributed by atoms with E-state index in [1.165, 1.54) is 38.1 Å². The summed E-state index contributed by atoms with van der Waals surface area (Å²) in [6, 6.07) is 11.7. The number of hydrogen-bond donors (Lipinski definition) is 3. The molecule has 0 aliphatic rings. The molecule has 0 unspecified atom stereocenters. The zero-order valence-electron chi connectivity index (χ0n) is 26.2. The van der Waals surface area contributed by atoms with Crippen LogP contribution in [0, 0.1) is 35.4 Å². The molecule has 10 nitrogen and oxygen atoms in total. The molecule has 0 bridgehead atoms. The highest BCUT2D eigenvalue weighted by Gasteiger charge is 2.33. The van der Waals surface area contributed by atoms with Crippen molar-refractivity contribution in [2.24, 2.45) is 11.3 Å². The standard InChI is InChI=1S/C33H41FN4O6/c1-20-11-12-23(27(34)13-20)18-36-30(41)25(16-28(40)29(21(2)39)37-32(43)33(3,4)5)19-44-26-10-8-9-22(15-26)14-24(17-35)31(42)38(6)7/h8-15,21,25,29,39H,16,18-19H2,1-7H3,(H,36,41)(H,37,43)/t21-,25+,29+/m1/s1. The number of likely N-dealkylation sites (N-methyl/N-ethyl adjacent to an activating group) is 1. The van der Waals surface area contributed by atoms with Crippen LogP contribution in [0.5, 0.6) is 5.75 Å². The van der Waals surface area contributed by atoms with Gasteiger partial charge in [-0.05, 0) is 49.2 Å². The maximum Gasteiger partial charge on any atom is 0.264 e. The molecule has 3 amide bonds. The molecule has 3 N–H and O–H groups in total. The van der Waals surface area contributed by atoms with Crippen LogP contribution in [0.2, 0.25) is 0 Å². The van der Waals surface area contributed by atoms with Gasteiger partial charge in [0.25, 0.3) is 5.91 Å². The fraction of sp³-hybridized carbons (Fsp3) is 0.424. The number of carbonyl (C=O) groups excluding carboxylic acids is 4. The number of carbonyl (C=O) groups is 4. The number of rotatable bonds is 13. The molecule has 44 heavy (non-hydrogen) atoms. The maximum absolute atomic E-state index is 14.4. The van der Waals surface area contributed by atoms with Gasteiger partial charge < -0.3 is 25.4 Å². The molecular weight excluding hydrogens is 567 g/mol. The second-order valence-electron chi connectivity index (χ2n) is 11.9. The average molecular weight is 609 g/mol. The van der Waals surface area contributed by atoms with Crippen molar-refractivity contribution in [3.8, 4) is 11.8 Å². The van der Waals surface area contributed by atoms with Crippen LogP contribution < -0.4 is 15.4 Å². The van der Waals surface area contributed by atoms with E-state index in [0.717, 1.165) is 5.56 Å². The molecule has 2 aromatic carbocycles. The predicted molar refractivity (Wildman–Crippen MR) is 163 cm³/mol. The molecule has 0 radical (unpaired) electrons. The quantitative estimate of drug-likeness (QED) is 0.233. The molecule has 11 heteroatoms. The number of hydrogen-bond acceptors (Lipinski definition) is 7. The number of nitrogens with one attached hydrogen (secondary N) is 2. The number of ketones is 1. The summed E-state index contributed by atoms with van der Waals surface area (Å²) in [5, 5.41) is 24.9. The predicted octanol–water partition coefficient (Wildman–Crippen LogP) is 3.31. The van der Waals surface area contributed by atoms with Gasteiger partial charge in [-0.2, -0.15) is 5.26 Å². The van der Waals surface area contributed by atoms with Gasteiger partial charge >= 0.3 is 0 Å². The molecule has 236 valence electrons. The van der Waals surface area contributed by atoms with E-state index in [4.69, 9.17) is 4.74 Å². The lowest BCUT2D eigenvalue weighted by Crippen LogP contribution is -2.52. The van der Waals surface area contributed by atoms with Gasteiger partial charge in [-0.3, -0.25) is 19.2 Å². The highest BCUT2D eigenvalue weighted by Crippen LogP contribution is 2.20. The van der Waals surface area contributed by atoms with Gasteiger partial charge in [0.05, 0.1) is 12.0 Å². The van der Waals surface area contributed by atoms with Gasteiger partial charge in [-0.25, -0.2) is 4.39 Å². The number of benzene rings is 2. The van der Waals surface area contributed by atoms with Gasteiger partial charge in [0.15, 0.2) is 5.78 Å². The number of aryl methyl sites for hydroxylation is 1. The Morgan fingerprint density at radius 2 is 1.82 bits per heavy atom. The molecule has 0 fully saturated rings. The number of halogens is 1. The van der Waals surface area contributed by atoms with E-state index in [9.17, 15) is 33.9 Å². The topological polar surface area (TPSA) is 149 Å². The number of nitriles is 1. The van der Waals surface area contributed by atoms with Crippen molar-refractivity contribution < 1.29 is 33.4 Å². The van der Waals surface area contributed by atoms with Crippen molar-refractivity contribution in [1.29, 1.82) is 5.26 Å². The summed E-state index contributed by atoms with van der Waals surface area (Å²) in [5.41, 5.74) is 0.572. The first kappa shape index (κ1) is 35.6. The lowest BCUT2D eigenvalue weighted by Gasteiger charge is -2.26. The Labute approximate surface area is 257 Å². The number of aliphatic hydroxyl groups is 1. The van der Waals surface area contributed by atoms with E-state index in [2.05, 4.69) is 10.6 Å². The van der Waals surface area contributed by atoms with E-state index in [-0.39, 0.29) is 24.3 Å². The summed E-state index contributed by atoms with van der Waals surface area (Å²) in [4.78, 5) is 52.7. The number of nitrogens with zero attached hydrogens (tertiary/aromatic N) is 2. The number of Topliss-reactive ketones (excluding diaryl/α,β-unsaturated/α-hetero) is 1. The average Bonchev–Trinajstić information content (AvgIpc) is 2.94.